The number of halogens is 1. The van der Waals surface area contributed by atoms with Crippen molar-refractivity contribution in [2.75, 3.05) is 5.88 Å². The maximum absolute atomic E-state index is 11.1. The molecular weight excluding hydrogens is 200 g/mol. The summed E-state index contributed by atoms with van der Waals surface area (Å²) < 4.78 is 5.45. The first-order chi connectivity index (χ1) is 6.72. The van der Waals surface area contributed by atoms with Gasteiger partial charge in [-0.15, -0.1) is 11.6 Å². The molecule has 0 spiro atoms. The van der Waals surface area contributed by atoms with E-state index in [1.807, 2.05) is 0 Å². The van der Waals surface area contributed by atoms with Gasteiger partial charge in [0.05, 0.1) is 5.76 Å². The molecule has 3 heteroatoms. The Kier molecular flexibility index (Phi) is 4.74. The molecule has 1 aliphatic rings. The molecule has 1 rings (SSSR count). The van der Waals surface area contributed by atoms with Crippen LogP contribution in [-0.4, -0.2) is 11.7 Å². The first kappa shape index (κ1) is 11.3. The van der Waals surface area contributed by atoms with Crippen molar-refractivity contribution in [2.45, 2.75) is 32.1 Å². The van der Waals surface area contributed by atoms with Crippen molar-refractivity contribution in [1.82, 2.24) is 0 Å². The molecule has 0 radical (unpaired) electrons. The standard InChI is InChI=1S/C11H15ClO2/c1-9(4-3-7-12)14-11-6-2-5-10(13)8-11/h8H,1-7H2. The number of carbonyl (C=O) groups excluding carboxylic acids is 1. The van der Waals surface area contributed by atoms with Gasteiger partial charge in [-0.3, -0.25) is 4.79 Å². The number of allylic oxidation sites excluding steroid dienone is 3. The van der Waals surface area contributed by atoms with E-state index in [0.29, 0.717) is 18.1 Å². The van der Waals surface area contributed by atoms with Crippen molar-refractivity contribution in [2.24, 2.45) is 0 Å². The smallest absolute Gasteiger partial charge is 0.159 e. The van der Waals surface area contributed by atoms with Crippen LogP contribution in [0.2, 0.25) is 0 Å². The molecule has 0 N–H and O–H groups in total. The quantitative estimate of drug-likeness (QED) is 0.519. The van der Waals surface area contributed by atoms with Gasteiger partial charge in [-0.05, 0) is 12.8 Å². The largest absolute Gasteiger partial charge is 0.467 e. The first-order valence-corrected chi connectivity index (χ1v) is 5.41. The Morgan fingerprint density at radius 1 is 1.57 bits per heavy atom. The van der Waals surface area contributed by atoms with Gasteiger partial charge in [0.2, 0.25) is 0 Å². The van der Waals surface area contributed by atoms with Crippen molar-refractivity contribution in [3.05, 3.63) is 24.2 Å². The maximum Gasteiger partial charge on any atom is 0.159 e. The summed E-state index contributed by atoms with van der Waals surface area (Å²) in [7, 11) is 0. The van der Waals surface area contributed by atoms with Gasteiger partial charge in [-0.1, -0.05) is 6.58 Å². The van der Waals surface area contributed by atoms with Crippen molar-refractivity contribution in [1.29, 1.82) is 0 Å². The van der Waals surface area contributed by atoms with Crippen molar-refractivity contribution in [3.8, 4) is 0 Å². The zero-order valence-electron chi connectivity index (χ0n) is 8.22. The number of carbonyl (C=O) groups is 1. The zero-order valence-corrected chi connectivity index (χ0v) is 8.98. The second-order valence-electron chi connectivity index (χ2n) is 3.36. The molecule has 0 atom stereocenters. The molecule has 0 heterocycles. The van der Waals surface area contributed by atoms with Crippen LogP contribution in [0.25, 0.3) is 0 Å². The van der Waals surface area contributed by atoms with Crippen LogP contribution < -0.4 is 0 Å². The summed E-state index contributed by atoms with van der Waals surface area (Å²) in [5.74, 6) is 2.21. The Hall–Kier alpha value is -0.760. The summed E-state index contributed by atoms with van der Waals surface area (Å²) in [5, 5.41) is 0. The summed E-state index contributed by atoms with van der Waals surface area (Å²) in [6.07, 6.45) is 5.56. The van der Waals surface area contributed by atoms with E-state index in [-0.39, 0.29) is 5.78 Å². The van der Waals surface area contributed by atoms with Gasteiger partial charge in [0.25, 0.3) is 0 Å². The molecule has 2 nitrogen and oxygen atoms in total. The Morgan fingerprint density at radius 3 is 3.00 bits per heavy atom. The fraction of sp³-hybridized carbons (Fsp3) is 0.545. The summed E-state index contributed by atoms with van der Waals surface area (Å²) in [6, 6.07) is 0. The Balaban J connectivity index is 2.35. The lowest BCUT2D eigenvalue weighted by Gasteiger charge is -2.14. The van der Waals surface area contributed by atoms with Crippen molar-refractivity contribution < 1.29 is 9.53 Å². The van der Waals surface area contributed by atoms with E-state index < -0.39 is 0 Å². The highest BCUT2D eigenvalue weighted by atomic mass is 35.5. The SMILES string of the molecule is C=C(CCCCl)OC1=CC(=O)CCC1. The summed E-state index contributed by atoms with van der Waals surface area (Å²) in [4.78, 5) is 11.1. The monoisotopic (exact) mass is 214 g/mol. The van der Waals surface area contributed by atoms with Gasteiger partial charge in [0.1, 0.15) is 5.76 Å². The average Bonchev–Trinajstić information content (AvgIpc) is 2.15. The Bertz CT molecular complexity index is 256. The fourth-order valence-corrected chi connectivity index (χ4v) is 1.48. The number of hydrogen-bond donors (Lipinski definition) is 0. The fourth-order valence-electron chi connectivity index (χ4n) is 1.34. The van der Waals surface area contributed by atoms with E-state index in [4.69, 9.17) is 16.3 Å². The molecule has 0 aromatic carbocycles. The second kappa shape index (κ2) is 5.86. The number of hydrogen-bond acceptors (Lipinski definition) is 2. The third-order valence-corrected chi connectivity index (χ3v) is 2.30. The van der Waals surface area contributed by atoms with Crippen LogP contribution in [0.1, 0.15) is 32.1 Å². The van der Waals surface area contributed by atoms with E-state index in [9.17, 15) is 4.79 Å². The molecule has 78 valence electrons. The average molecular weight is 215 g/mol. The normalized spacial score (nSPS) is 16.4. The summed E-state index contributed by atoms with van der Waals surface area (Å²) in [6.45, 7) is 3.78. The predicted octanol–water partition coefficient (Wildman–Crippen LogP) is 3.17. The molecule has 0 bridgehead atoms. The highest BCUT2D eigenvalue weighted by molar-refractivity contribution is 6.17. The number of ether oxygens (including phenoxy) is 1. The molecule has 0 aliphatic heterocycles. The van der Waals surface area contributed by atoms with Gasteiger partial charge in [-0.2, -0.15) is 0 Å². The highest BCUT2D eigenvalue weighted by Gasteiger charge is 2.11. The van der Waals surface area contributed by atoms with Crippen LogP contribution >= 0.6 is 11.6 Å². The lowest BCUT2D eigenvalue weighted by molar-refractivity contribution is -0.115. The molecule has 0 amide bonds. The topological polar surface area (TPSA) is 26.3 Å². The van der Waals surface area contributed by atoms with Crippen LogP contribution in [0.3, 0.4) is 0 Å². The Morgan fingerprint density at radius 2 is 2.36 bits per heavy atom. The third-order valence-electron chi connectivity index (χ3n) is 2.03. The zero-order chi connectivity index (χ0) is 10.4. The molecule has 1 aliphatic carbocycles. The number of rotatable bonds is 5. The minimum Gasteiger partial charge on any atom is -0.467 e. The van der Waals surface area contributed by atoms with E-state index >= 15 is 0 Å². The molecule has 0 fully saturated rings. The Labute approximate surface area is 89.6 Å². The van der Waals surface area contributed by atoms with E-state index in [2.05, 4.69) is 6.58 Å². The number of alkyl halides is 1. The van der Waals surface area contributed by atoms with Crippen LogP contribution in [0.5, 0.6) is 0 Å². The molecule has 0 unspecified atom stereocenters. The van der Waals surface area contributed by atoms with Gasteiger partial charge in [0, 0.05) is 31.2 Å². The summed E-state index contributed by atoms with van der Waals surface area (Å²) >= 11 is 5.55. The van der Waals surface area contributed by atoms with Crippen LogP contribution in [0, 0.1) is 0 Å². The lowest BCUT2D eigenvalue weighted by atomic mass is 10.1. The molecule has 0 aromatic heterocycles. The minimum absolute atomic E-state index is 0.149. The third kappa shape index (κ3) is 3.97. The molecular formula is C11H15ClO2. The van der Waals surface area contributed by atoms with Gasteiger partial charge in [-0.25, -0.2) is 0 Å². The van der Waals surface area contributed by atoms with Crippen LogP contribution in [-0.2, 0) is 9.53 Å². The van der Waals surface area contributed by atoms with Crippen molar-refractivity contribution >= 4 is 17.4 Å². The highest BCUT2D eigenvalue weighted by Crippen LogP contribution is 2.20. The van der Waals surface area contributed by atoms with Gasteiger partial charge < -0.3 is 4.74 Å². The maximum atomic E-state index is 11.1. The molecule has 0 aromatic rings. The van der Waals surface area contributed by atoms with E-state index in [0.717, 1.165) is 31.4 Å². The lowest BCUT2D eigenvalue weighted by Crippen LogP contribution is -2.05. The second-order valence-corrected chi connectivity index (χ2v) is 3.74. The molecule has 14 heavy (non-hydrogen) atoms. The van der Waals surface area contributed by atoms with E-state index in [1.165, 1.54) is 0 Å². The number of ketones is 1. The van der Waals surface area contributed by atoms with Crippen LogP contribution in [0.4, 0.5) is 0 Å². The first-order valence-electron chi connectivity index (χ1n) is 4.87. The molecule has 0 saturated carbocycles. The summed E-state index contributed by atoms with van der Waals surface area (Å²) in [5.41, 5.74) is 0. The minimum atomic E-state index is 0.149. The van der Waals surface area contributed by atoms with Gasteiger partial charge in [0.15, 0.2) is 5.78 Å². The van der Waals surface area contributed by atoms with Crippen LogP contribution in [0.15, 0.2) is 24.2 Å². The van der Waals surface area contributed by atoms with Crippen molar-refractivity contribution in [3.63, 3.8) is 0 Å². The van der Waals surface area contributed by atoms with E-state index in [1.54, 1.807) is 6.08 Å². The predicted molar refractivity (Wildman–Crippen MR) is 57.1 cm³/mol. The molecule has 0 saturated heterocycles. The van der Waals surface area contributed by atoms with Gasteiger partial charge >= 0.3 is 0 Å².